The van der Waals surface area contributed by atoms with Crippen LogP contribution in [0.15, 0.2) is 29.6 Å². The number of ether oxygens (including phenoxy) is 1. The Morgan fingerprint density at radius 3 is 2.96 bits per heavy atom. The largest absolute Gasteiger partial charge is 0.378 e. The Balaban J connectivity index is 1.90. The molecule has 0 saturated carbocycles. The second-order valence-corrected chi connectivity index (χ2v) is 7.01. The fourth-order valence-electron chi connectivity index (χ4n) is 3.18. The van der Waals surface area contributed by atoms with Crippen LogP contribution in [0.25, 0.3) is 0 Å². The maximum Gasteiger partial charge on any atom is 0.273 e. The lowest BCUT2D eigenvalue weighted by Crippen LogP contribution is -2.43. The van der Waals surface area contributed by atoms with Crippen LogP contribution in [0.2, 0.25) is 0 Å². The van der Waals surface area contributed by atoms with E-state index in [9.17, 15) is 4.79 Å². The number of thiazole rings is 1. The Labute approximate surface area is 146 Å². The van der Waals surface area contributed by atoms with Gasteiger partial charge in [-0.25, -0.2) is 4.98 Å². The second-order valence-electron chi connectivity index (χ2n) is 6.06. The van der Waals surface area contributed by atoms with E-state index in [0.717, 1.165) is 18.0 Å². The minimum atomic E-state index is 0.00514. The SMILES string of the molecule is CC[C@H]1CN(C)c2ccccc2CN1C(=O)c1csc(COC)n1. The van der Waals surface area contributed by atoms with Gasteiger partial charge in [-0.1, -0.05) is 25.1 Å². The van der Waals surface area contributed by atoms with Crippen molar-refractivity contribution in [3.05, 3.63) is 45.9 Å². The molecule has 1 aromatic carbocycles. The number of aromatic nitrogens is 1. The molecule has 0 bridgehead atoms. The van der Waals surface area contributed by atoms with Gasteiger partial charge in [0, 0.05) is 44.4 Å². The van der Waals surface area contributed by atoms with E-state index >= 15 is 0 Å². The molecule has 1 aliphatic heterocycles. The van der Waals surface area contributed by atoms with Gasteiger partial charge in [0.1, 0.15) is 10.7 Å². The number of fused-ring (bicyclic) bond motifs is 1. The minimum Gasteiger partial charge on any atom is -0.378 e. The predicted molar refractivity (Wildman–Crippen MR) is 96.5 cm³/mol. The van der Waals surface area contributed by atoms with Crippen molar-refractivity contribution >= 4 is 22.9 Å². The molecular formula is C18H23N3O2S. The highest BCUT2D eigenvalue weighted by Gasteiger charge is 2.30. The molecule has 2 aromatic rings. The summed E-state index contributed by atoms with van der Waals surface area (Å²) in [6.45, 7) is 4.02. The smallest absolute Gasteiger partial charge is 0.273 e. The van der Waals surface area contributed by atoms with Gasteiger partial charge in [0.15, 0.2) is 0 Å². The van der Waals surface area contributed by atoms with Crippen molar-refractivity contribution in [2.24, 2.45) is 0 Å². The summed E-state index contributed by atoms with van der Waals surface area (Å²) in [5, 5.41) is 2.67. The van der Waals surface area contributed by atoms with Crippen LogP contribution in [-0.4, -0.2) is 42.5 Å². The standard InChI is InChI=1S/C18H23N3O2S/c1-4-14-10-20(2)16-8-6-5-7-13(16)9-21(14)18(22)15-12-24-17(19-15)11-23-3/h5-8,12,14H,4,9-11H2,1-3H3/t14-/m0/s1. The molecule has 2 heterocycles. The highest BCUT2D eigenvalue weighted by atomic mass is 32.1. The lowest BCUT2D eigenvalue weighted by Gasteiger charge is -2.30. The number of rotatable bonds is 4. The maximum absolute atomic E-state index is 13.1. The molecule has 0 spiro atoms. The van der Waals surface area contributed by atoms with E-state index in [4.69, 9.17) is 4.74 Å². The van der Waals surface area contributed by atoms with Gasteiger partial charge in [-0.15, -0.1) is 11.3 Å². The van der Waals surface area contributed by atoms with Crippen molar-refractivity contribution in [3.63, 3.8) is 0 Å². The number of amides is 1. The topological polar surface area (TPSA) is 45.7 Å². The lowest BCUT2D eigenvalue weighted by molar-refractivity contribution is 0.0662. The van der Waals surface area contributed by atoms with E-state index in [2.05, 4.69) is 36.0 Å². The van der Waals surface area contributed by atoms with Gasteiger partial charge in [0.2, 0.25) is 0 Å². The van der Waals surface area contributed by atoms with E-state index in [1.807, 2.05) is 22.4 Å². The monoisotopic (exact) mass is 345 g/mol. The molecule has 24 heavy (non-hydrogen) atoms. The van der Waals surface area contributed by atoms with Crippen LogP contribution in [0.1, 0.15) is 34.4 Å². The number of para-hydroxylation sites is 1. The van der Waals surface area contributed by atoms with Gasteiger partial charge in [-0.05, 0) is 18.1 Å². The lowest BCUT2D eigenvalue weighted by atomic mass is 10.1. The number of carbonyl (C=O) groups excluding carboxylic acids is 1. The van der Waals surface area contributed by atoms with Crippen LogP contribution >= 0.6 is 11.3 Å². The summed E-state index contributed by atoms with van der Waals surface area (Å²) in [7, 11) is 3.73. The van der Waals surface area contributed by atoms with Gasteiger partial charge in [-0.2, -0.15) is 0 Å². The third kappa shape index (κ3) is 3.30. The molecule has 1 aromatic heterocycles. The summed E-state index contributed by atoms with van der Waals surface area (Å²) < 4.78 is 5.11. The number of methoxy groups -OCH3 is 1. The quantitative estimate of drug-likeness (QED) is 0.854. The van der Waals surface area contributed by atoms with Gasteiger partial charge in [0.05, 0.1) is 6.61 Å². The first kappa shape index (κ1) is 16.9. The Morgan fingerprint density at radius 1 is 1.42 bits per heavy atom. The molecule has 0 N–H and O–H groups in total. The molecule has 1 aliphatic rings. The number of likely N-dealkylation sites (N-methyl/N-ethyl adjacent to an activating group) is 1. The van der Waals surface area contributed by atoms with Gasteiger partial charge in [0.25, 0.3) is 5.91 Å². The van der Waals surface area contributed by atoms with E-state index < -0.39 is 0 Å². The molecule has 0 unspecified atom stereocenters. The van der Waals surface area contributed by atoms with Crippen molar-refractivity contribution in [3.8, 4) is 0 Å². The highest BCUT2D eigenvalue weighted by Crippen LogP contribution is 2.28. The van der Waals surface area contributed by atoms with Crippen molar-refractivity contribution in [1.82, 2.24) is 9.88 Å². The Morgan fingerprint density at radius 2 is 2.21 bits per heavy atom. The van der Waals surface area contributed by atoms with Crippen LogP contribution in [0.3, 0.4) is 0 Å². The van der Waals surface area contributed by atoms with Crippen molar-refractivity contribution in [2.45, 2.75) is 32.5 Å². The Hall–Kier alpha value is -1.92. The zero-order valence-electron chi connectivity index (χ0n) is 14.4. The molecule has 0 saturated heterocycles. The first-order valence-corrected chi connectivity index (χ1v) is 9.05. The van der Waals surface area contributed by atoms with E-state index in [1.54, 1.807) is 7.11 Å². The van der Waals surface area contributed by atoms with Gasteiger partial charge < -0.3 is 14.5 Å². The summed E-state index contributed by atoms with van der Waals surface area (Å²) in [5.74, 6) is 0.00514. The molecular weight excluding hydrogens is 322 g/mol. The first-order valence-electron chi connectivity index (χ1n) is 8.17. The predicted octanol–water partition coefficient (Wildman–Crippen LogP) is 3.16. The molecule has 128 valence electrons. The van der Waals surface area contributed by atoms with E-state index in [1.165, 1.54) is 22.6 Å². The third-order valence-corrected chi connectivity index (χ3v) is 5.26. The number of anilines is 1. The Kier molecular flexibility index (Phi) is 5.16. The first-order chi connectivity index (χ1) is 11.6. The molecule has 6 heteroatoms. The zero-order chi connectivity index (χ0) is 17.1. The summed E-state index contributed by atoms with van der Waals surface area (Å²) in [4.78, 5) is 21.7. The summed E-state index contributed by atoms with van der Waals surface area (Å²) >= 11 is 1.47. The Bertz CT molecular complexity index is 716. The third-order valence-electron chi connectivity index (χ3n) is 4.44. The number of nitrogens with zero attached hydrogens (tertiary/aromatic N) is 3. The zero-order valence-corrected chi connectivity index (χ0v) is 15.2. The molecule has 0 fully saturated rings. The van der Waals surface area contributed by atoms with Crippen LogP contribution in [-0.2, 0) is 17.9 Å². The fraction of sp³-hybridized carbons (Fsp3) is 0.444. The van der Waals surface area contributed by atoms with Crippen LogP contribution in [0.5, 0.6) is 0 Å². The number of hydrogen-bond donors (Lipinski definition) is 0. The number of carbonyl (C=O) groups is 1. The molecule has 0 aliphatic carbocycles. The maximum atomic E-state index is 13.1. The summed E-state index contributed by atoms with van der Waals surface area (Å²) in [5.41, 5.74) is 2.90. The highest BCUT2D eigenvalue weighted by molar-refractivity contribution is 7.09. The van der Waals surface area contributed by atoms with E-state index in [0.29, 0.717) is 18.8 Å². The summed E-state index contributed by atoms with van der Waals surface area (Å²) in [6, 6.07) is 8.46. The number of benzene rings is 1. The average Bonchev–Trinajstić information content (AvgIpc) is 3.00. The molecule has 0 radical (unpaired) electrons. The molecule has 3 rings (SSSR count). The molecule has 1 atom stereocenters. The summed E-state index contributed by atoms with van der Waals surface area (Å²) in [6.07, 6.45) is 0.916. The average molecular weight is 345 g/mol. The van der Waals surface area contributed by atoms with Crippen molar-refractivity contribution < 1.29 is 9.53 Å². The van der Waals surface area contributed by atoms with Gasteiger partial charge >= 0.3 is 0 Å². The van der Waals surface area contributed by atoms with Crippen LogP contribution in [0.4, 0.5) is 5.69 Å². The molecule has 1 amide bonds. The van der Waals surface area contributed by atoms with Crippen molar-refractivity contribution in [2.75, 3.05) is 25.6 Å². The van der Waals surface area contributed by atoms with Gasteiger partial charge in [-0.3, -0.25) is 4.79 Å². The van der Waals surface area contributed by atoms with Crippen LogP contribution in [0, 0.1) is 0 Å². The van der Waals surface area contributed by atoms with E-state index in [-0.39, 0.29) is 11.9 Å². The van der Waals surface area contributed by atoms with Crippen LogP contribution < -0.4 is 4.90 Å². The van der Waals surface area contributed by atoms with Crippen molar-refractivity contribution in [1.29, 1.82) is 0 Å². The molecule has 5 nitrogen and oxygen atoms in total. The number of hydrogen-bond acceptors (Lipinski definition) is 5. The second kappa shape index (κ2) is 7.32. The normalized spacial score (nSPS) is 17.5. The minimum absolute atomic E-state index is 0.00514. The fourth-order valence-corrected chi connectivity index (χ4v) is 3.91.